The van der Waals surface area contributed by atoms with Crippen LogP contribution in [-0.4, -0.2) is 46.5 Å². The van der Waals surface area contributed by atoms with E-state index in [1.54, 1.807) is 6.08 Å². The molecule has 0 saturated carbocycles. The van der Waals surface area contributed by atoms with Crippen LogP contribution in [0.5, 0.6) is 0 Å². The summed E-state index contributed by atoms with van der Waals surface area (Å²) in [6.45, 7) is 0. The van der Waals surface area contributed by atoms with Crippen molar-refractivity contribution in [2.75, 3.05) is 0 Å². The maximum absolute atomic E-state index is 12.3. The number of fused-ring (bicyclic) bond motifs is 2. The fraction of sp³-hybridized carbons (Fsp3) is 0.100. The summed E-state index contributed by atoms with van der Waals surface area (Å²) in [6.07, 6.45) is 17.1. The molecule has 142 valence electrons. The van der Waals surface area contributed by atoms with Crippen LogP contribution in [0, 0.1) is 0 Å². The van der Waals surface area contributed by atoms with Gasteiger partial charge in [-0.15, -0.1) is 0 Å². The van der Waals surface area contributed by atoms with Gasteiger partial charge in [-0.05, 0) is 18.2 Å². The Balaban J connectivity index is 1.80. The summed E-state index contributed by atoms with van der Waals surface area (Å²) in [5.74, 6) is -0.683. The van der Waals surface area contributed by atoms with Crippen LogP contribution in [0.2, 0.25) is 0 Å². The maximum atomic E-state index is 12.3. The van der Waals surface area contributed by atoms with Gasteiger partial charge in [0, 0.05) is 36.8 Å². The largest absolute Gasteiger partial charge is 0.494 e. The van der Waals surface area contributed by atoms with Crippen molar-refractivity contribution in [1.82, 2.24) is 9.97 Å². The second kappa shape index (κ2) is 8.26. The van der Waals surface area contributed by atoms with Crippen molar-refractivity contribution >= 4 is 41.8 Å². The van der Waals surface area contributed by atoms with Crippen molar-refractivity contribution in [2.24, 2.45) is 20.0 Å². The Bertz CT molecular complexity index is 1200. The third-order valence-electron chi connectivity index (χ3n) is 4.05. The van der Waals surface area contributed by atoms with E-state index in [0.717, 1.165) is 5.70 Å². The van der Waals surface area contributed by atoms with Crippen LogP contribution in [0.25, 0.3) is 5.57 Å². The number of hydrogen-bond donors (Lipinski definition) is 0. The van der Waals surface area contributed by atoms with Crippen LogP contribution >= 0.6 is 0 Å². The van der Waals surface area contributed by atoms with E-state index in [4.69, 9.17) is 4.74 Å². The Morgan fingerprint density at radius 1 is 1.00 bits per heavy atom. The number of hydrogen-bond acceptors (Lipinski definition) is 7. The molecule has 29 heavy (non-hydrogen) atoms. The Labute approximate surface area is 164 Å². The molecule has 0 spiro atoms. The van der Waals surface area contributed by atoms with Crippen molar-refractivity contribution in [1.29, 1.82) is 0 Å². The standard InChI is InChI=1S/C20H14N6O3/c27-16-6-1-2-9-29-14-5-3-4-13(10-14)23-11-15-17-18(22-8-7-21-16)24-12-25-19(17)26-20(15)28/h1-9,11-12,14H,10H2/b6-1+,9-2+,21-7-,22-8-,23-11+. The first-order valence-electron chi connectivity index (χ1n) is 8.70. The van der Waals surface area contributed by atoms with Crippen molar-refractivity contribution in [3.05, 3.63) is 65.4 Å². The van der Waals surface area contributed by atoms with E-state index in [-0.39, 0.29) is 23.0 Å². The topological polar surface area (TPSA) is 119 Å². The van der Waals surface area contributed by atoms with E-state index in [2.05, 4.69) is 29.9 Å². The first-order chi connectivity index (χ1) is 14.2. The monoisotopic (exact) mass is 386 g/mol. The Morgan fingerprint density at radius 2 is 1.90 bits per heavy atom. The molecule has 2 aliphatic heterocycles. The molecule has 2 bridgehead atoms. The highest BCUT2D eigenvalue weighted by molar-refractivity contribution is 6.36. The van der Waals surface area contributed by atoms with Crippen molar-refractivity contribution in [3.8, 4) is 0 Å². The van der Waals surface area contributed by atoms with Crippen molar-refractivity contribution in [3.63, 3.8) is 0 Å². The zero-order valence-electron chi connectivity index (χ0n) is 15.0. The SMILES string of the molecule is O=C1/C=C/C=C/OC2C=CC=C(C2)/N=C/C2=c3c(ncnc3=NC2=O)/N=C\C=N/1. The van der Waals surface area contributed by atoms with E-state index in [1.807, 2.05) is 18.2 Å². The third kappa shape index (κ3) is 4.24. The fourth-order valence-corrected chi connectivity index (χ4v) is 2.73. The molecule has 0 fully saturated rings. The van der Waals surface area contributed by atoms with Crippen LogP contribution in [0.4, 0.5) is 5.82 Å². The summed E-state index contributed by atoms with van der Waals surface area (Å²) in [5, 5.41) is 0.390. The molecule has 4 rings (SSSR count). The van der Waals surface area contributed by atoms with E-state index in [1.165, 1.54) is 43.4 Å². The van der Waals surface area contributed by atoms with Crippen molar-refractivity contribution in [2.45, 2.75) is 12.5 Å². The molecule has 1 aliphatic carbocycles. The van der Waals surface area contributed by atoms with E-state index in [0.29, 0.717) is 11.6 Å². The van der Waals surface area contributed by atoms with Crippen LogP contribution in [0.1, 0.15) is 6.42 Å². The van der Waals surface area contributed by atoms with Gasteiger partial charge in [-0.25, -0.2) is 20.0 Å². The van der Waals surface area contributed by atoms with Gasteiger partial charge in [0.25, 0.3) is 11.8 Å². The molecule has 1 atom stereocenters. The Morgan fingerprint density at radius 3 is 2.83 bits per heavy atom. The van der Waals surface area contributed by atoms with Gasteiger partial charge in [0.1, 0.15) is 12.4 Å². The minimum Gasteiger partial charge on any atom is -0.494 e. The molecule has 9 heteroatoms. The molecule has 3 heterocycles. The van der Waals surface area contributed by atoms with Crippen LogP contribution in [0.3, 0.4) is 0 Å². The molecular formula is C20H14N6O3. The van der Waals surface area contributed by atoms with Gasteiger partial charge in [0.15, 0.2) is 11.3 Å². The minimum atomic E-state index is -0.466. The smallest absolute Gasteiger partial charge is 0.281 e. The van der Waals surface area contributed by atoms with Crippen LogP contribution in [-0.2, 0) is 14.3 Å². The number of aliphatic imine (C=N–C) groups is 3. The summed E-state index contributed by atoms with van der Waals surface area (Å²) in [5.41, 5.74) is 1.21. The van der Waals surface area contributed by atoms with Gasteiger partial charge < -0.3 is 4.74 Å². The number of nitrogens with zero attached hydrogens (tertiary/aromatic N) is 6. The molecule has 0 N–H and O–H groups in total. The number of rotatable bonds is 0. The van der Waals surface area contributed by atoms with Crippen LogP contribution < -0.4 is 10.7 Å². The molecule has 0 aromatic carbocycles. The summed E-state index contributed by atoms with van der Waals surface area (Å²) in [4.78, 5) is 48.4. The summed E-state index contributed by atoms with van der Waals surface area (Å²) >= 11 is 0. The van der Waals surface area contributed by atoms with Gasteiger partial charge in [-0.3, -0.25) is 14.6 Å². The highest BCUT2D eigenvalue weighted by Crippen LogP contribution is 2.17. The number of carbonyl (C=O) groups excluding carboxylic acids is 2. The summed E-state index contributed by atoms with van der Waals surface area (Å²) in [6, 6.07) is 0. The number of allylic oxidation sites excluding steroid dienone is 4. The fourth-order valence-electron chi connectivity index (χ4n) is 2.73. The third-order valence-corrected chi connectivity index (χ3v) is 4.05. The lowest BCUT2D eigenvalue weighted by molar-refractivity contribution is -0.113. The van der Waals surface area contributed by atoms with Gasteiger partial charge in [0.05, 0.1) is 17.1 Å². The van der Waals surface area contributed by atoms with Crippen molar-refractivity contribution < 1.29 is 14.3 Å². The highest BCUT2D eigenvalue weighted by atomic mass is 16.5. The van der Waals surface area contributed by atoms with Gasteiger partial charge in [-0.1, -0.05) is 12.2 Å². The molecule has 0 radical (unpaired) electrons. The van der Waals surface area contributed by atoms with E-state index in [9.17, 15) is 9.59 Å². The maximum Gasteiger partial charge on any atom is 0.281 e. The Hall–Kier alpha value is -4.14. The van der Waals surface area contributed by atoms with E-state index >= 15 is 0 Å². The molecule has 9 nitrogen and oxygen atoms in total. The molecule has 1 aromatic rings. The van der Waals surface area contributed by atoms with Gasteiger partial charge in [-0.2, -0.15) is 4.99 Å². The number of aromatic nitrogens is 2. The zero-order chi connectivity index (χ0) is 20.1. The molecule has 2 amide bonds. The lowest BCUT2D eigenvalue weighted by Crippen LogP contribution is -2.28. The van der Waals surface area contributed by atoms with E-state index < -0.39 is 11.8 Å². The molecular weight excluding hydrogens is 372 g/mol. The summed E-state index contributed by atoms with van der Waals surface area (Å²) in [7, 11) is 0. The highest BCUT2D eigenvalue weighted by Gasteiger charge is 2.19. The lowest BCUT2D eigenvalue weighted by atomic mass is 10.1. The van der Waals surface area contributed by atoms with Gasteiger partial charge in [0.2, 0.25) is 0 Å². The number of ether oxygens (including phenoxy) is 1. The normalized spacial score (nSPS) is 26.1. The number of amides is 2. The van der Waals surface area contributed by atoms with Crippen LogP contribution in [0.15, 0.2) is 74.7 Å². The lowest BCUT2D eigenvalue weighted by Gasteiger charge is -2.15. The minimum absolute atomic E-state index is 0.214. The number of carbonyl (C=O) groups is 2. The summed E-state index contributed by atoms with van der Waals surface area (Å²) < 4.78 is 5.62. The predicted octanol–water partition coefficient (Wildman–Crippen LogP) is 0.470. The first-order valence-corrected chi connectivity index (χ1v) is 8.70. The average Bonchev–Trinajstić information content (AvgIpc) is 3.05. The second-order valence-corrected chi connectivity index (χ2v) is 5.99. The molecule has 3 aliphatic rings. The molecule has 0 saturated heterocycles. The quantitative estimate of drug-likeness (QED) is 0.642. The zero-order valence-corrected chi connectivity index (χ0v) is 15.0. The average molecular weight is 386 g/mol. The molecule has 1 aromatic heterocycles. The predicted molar refractivity (Wildman–Crippen MR) is 106 cm³/mol. The van der Waals surface area contributed by atoms with Gasteiger partial charge >= 0.3 is 0 Å². The first kappa shape index (κ1) is 18.2. The Kier molecular flexibility index (Phi) is 5.19. The molecule has 1 unspecified atom stereocenters. The second-order valence-electron chi connectivity index (χ2n) is 5.99.